The lowest BCUT2D eigenvalue weighted by Gasteiger charge is -2.20. The van der Waals surface area contributed by atoms with Crippen LogP contribution in [-0.2, 0) is 11.3 Å². The maximum absolute atomic E-state index is 12.1. The molecule has 0 radical (unpaired) electrons. The highest BCUT2D eigenvalue weighted by molar-refractivity contribution is 14.0. The molecule has 1 aromatic rings. The Balaban J connectivity index is 0.00000338. The molecule has 8 heteroatoms. The monoisotopic (exact) mass is 475 g/mol. The van der Waals surface area contributed by atoms with E-state index in [4.69, 9.17) is 4.74 Å². The van der Waals surface area contributed by atoms with Gasteiger partial charge in [-0.25, -0.2) is 9.98 Å². The highest BCUT2D eigenvalue weighted by atomic mass is 127. The molecule has 0 aromatic carbocycles. The van der Waals surface area contributed by atoms with Crippen LogP contribution in [0.25, 0.3) is 0 Å². The number of amides is 1. The Morgan fingerprint density at radius 3 is 2.92 bits per heavy atom. The van der Waals surface area contributed by atoms with Gasteiger partial charge < -0.3 is 20.3 Å². The van der Waals surface area contributed by atoms with Crippen molar-refractivity contribution in [2.75, 3.05) is 26.7 Å². The van der Waals surface area contributed by atoms with E-state index in [1.165, 1.54) is 0 Å². The van der Waals surface area contributed by atoms with Crippen LogP contribution in [0.2, 0.25) is 0 Å². The maximum Gasteiger partial charge on any atom is 0.225 e. The molecule has 1 aliphatic rings. The minimum Gasteiger partial charge on any atom is -0.481 e. The van der Waals surface area contributed by atoms with E-state index in [-0.39, 0.29) is 41.8 Å². The van der Waals surface area contributed by atoms with E-state index in [2.05, 4.69) is 20.6 Å². The average Bonchev–Trinajstić information content (AvgIpc) is 3.07. The van der Waals surface area contributed by atoms with Crippen LogP contribution in [0.1, 0.15) is 32.8 Å². The number of carbonyl (C=O) groups excluding carboxylic acids is 1. The molecular weight excluding hydrogens is 445 g/mol. The van der Waals surface area contributed by atoms with Gasteiger partial charge in [0.25, 0.3) is 0 Å². The SMILES string of the molecule is CCNC(=NCc1cccnc1OC)NC1CCN(C(=O)C(C)C)C1.I. The van der Waals surface area contributed by atoms with Crippen LogP contribution in [0.3, 0.4) is 0 Å². The van der Waals surface area contributed by atoms with E-state index < -0.39 is 0 Å². The zero-order chi connectivity index (χ0) is 18.2. The van der Waals surface area contributed by atoms with Crippen molar-refractivity contribution in [3.63, 3.8) is 0 Å². The number of guanidine groups is 1. The van der Waals surface area contributed by atoms with E-state index in [9.17, 15) is 4.79 Å². The highest BCUT2D eigenvalue weighted by Gasteiger charge is 2.27. The molecule has 1 fully saturated rings. The summed E-state index contributed by atoms with van der Waals surface area (Å²) in [6.45, 7) is 8.68. The standard InChI is InChI=1S/C18H29N5O2.HI/c1-5-19-18(21-11-14-7-6-9-20-16(14)25-4)22-15-8-10-23(12-15)17(24)13(2)3;/h6-7,9,13,15H,5,8,10-12H2,1-4H3,(H2,19,21,22);1H. The summed E-state index contributed by atoms with van der Waals surface area (Å²) in [4.78, 5) is 22.9. The van der Waals surface area contributed by atoms with Crippen LogP contribution in [0, 0.1) is 5.92 Å². The summed E-state index contributed by atoms with van der Waals surface area (Å²) in [7, 11) is 1.61. The summed E-state index contributed by atoms with van der Waals surface area (Å²) in [6.07, 6.45) is 2.63. The number of rotatable bonds is 6. The van der Waals surface area contributed by atoms with Gasteiger partial charge in [-0.2, -0.15) is 0 Å². The minimum absolute atomic E-state index is 0. The molecule has 1 unspecified atom stereocenters. The van der Waals surface area contributed by atoms with Crippen molar-refractivity contribution >= 4 is 35.8 Å². The second-order valence-electron chi connectivity index (χ2n) is 6.44. The number of aromatic nitrogens is 1. The molecule has 1 aliphatic heterocycles. The summed E-state index contributed by atoms with van der Waals surface area (Å²) >= 11 is 0. The normalized spacial score (nSPS) is 17.0. The minimum atomic E-state index is 0. The lowest BCUT2D eigenvalue weighted by Crippen LogP contribution is -2.45. The Morgan fingerprint density at radius 2 is 2.27 bits per heavy atom. The Kier molecular flexibility index (Phi) is 9.68. The maximum atomic E-state index is 12.1. The van der Waals surface area contributed by atoms with Gasteiger partial charge in [0.1, 0.15) is 0 Å². The van der Waals surface area contributed by atoms with Crippen LogP contribution in [0.4, 0.5) is 0 Å². The first-order chi connectivity index (χ1) is 12.0. The largest absolute Gasteiger partial charge is 0.481 e. The summed E-state index contributed by atoms with van der Waals surface area (Å²) in [5, 5.41) is 6.69. The zero-order valence-corrected chi connectivity index (χ0v) is 18.3. The quantitative estimate of drug-likeness (QED) is 0.374. The third-order valence-electron chi connectivity index (χ3n) is 4.13. The van der Waals surface area contributed by atoms with Crippen molar-refractivity contribution in [1.29, 1.82) is 0 Å². The van der Waals surface area contributed by atoms with Crippen molar-refractivity contribution in [1.82, 2.24) is 20.5 Å². The van der Waals surface area contributed by atoms with Crippen molar-refractivity contribution in [2.24, 2.45) is 10.9 Å². The van der Waals surface area contributed by atoms with E-state index in [1.807, 2.05) is 37.8 Å². The number of aliphatic imine (C=N–C) groups is 1. The molecule has 146 valence electrons. The Hall–Kier alpha value is -1.58. The first kappa shape index (κ1) is 22.5. The van der Waals surface area contributed by atoms with Crippen LogP contribution in [0.5, 0.6) is 5.88 Å². The molecule has 1 aromatic heterocycles. The van der Waals surface area contributed by atoms with Crippen LogP contribution < -0.4 is 15.4 Å². The van der Waals surface area contributed by atoms with Gasteiger partial charge in [0.2, 0.25) is 11.8 Å². The van der Waals surface area contributed by atoms with Gasteiger partial charge in [-0.3, -0.25) is 4.79 Å². The second kappa shape index (κ2) is 11.2. The molecule has 1 atom stereocenters. The van der Waals surface area contributed by atoms with Gasteiger partial charge in [0, 0.05) is 43.4 Å². The molecular formula is C18H30IN5O2. The van der Waals surface area contributed by atoms with Crippen LogP contribution >= 0.6 is 24.0 Å². The fraction of sp³-hybridized carbons (Fsp3) is 0.611. The molecule has 2 N–H and O–H groups in total. The van der Waals surface area contributed by atoms with Gasteiger partial charge in [0.05, 0.1) is 13.7 Å². The number of halogens is 1. The molecule has 0 bridgehead atoms. The van der Waals surface area contributed by atoms with Crippen LogP contribution in [0.15, 0.2) is 23.3 Å². The first-order valence-corrected chi connectivity index (χ1v) is 8.86. The molecule has 0 spiro atoms. The summed E-state index contributed by atoms with van der Waals surface area (Å²) in [6, 6.07) is 4.05. The van der Waals surface area contributed by atoms with Gasteiger partial charge in [-0.15, -0.1) is 24.0 Å². The number of hydrogen-bond donors (Lipinski definition) is 2. The summed E-state index contributed by atoms with van der Waals surface area (Å²) in [5.41, 5.74) is 0.935. The van der Waals surface area contributed by atoms with E-state index in [1.54, 1.807) is 13.3 Å². The number of ether oxygens (including phenoxy) is 1. The predicted octanol–water partition coefficient (Wildman–Crippen LogP) is 2.02. The Labute approximate surface area is 173 Å². The lowest BCUT2D eigenvalue weighted by atomic mass is 10.2. The number of likely N-dealkylation sites (tertiary alicyclic amines) is 1. The molecule has 26 heavy (non-hydrogen) atoms. The van der Waals surface area contributed by atoms with Gasteiger partial charge >= 0.3 is 0 Å². The Bertz CT molecular complexity index is 609. The lowest BCUT2D eigenvalue weighted by molar-refractivity contribution is -0.133. The number of methoxy groups -OCH3 is 1. The highest BCUT2D eigenvalue weighted by Crippen LogP contribution is 2.15. The van der Waals surface area contributed by atoms with Gasteiger partial charge in [0.15, 0.2) is 5.96 Å². The summed E-state index contributed by atoms with van der Waals surface area (Å²) in [5.74, 6) is 1.60. The average molecular weight is 475 g/mol. The molecule has 1 amide bonds. The molecule has 2 rings (SSSR count). The van der Waals surface area contributed by atoms with Gasteiger partial charge in [-0.05, 0) is 19.4 Å². The topological polar surface area (TPSA) is 78.9 Å². The fourth-order valence-electron chi connectivity index (χ4n) is 2.85. The van der Waals surface area contributed by atoms with E-state index in [0.717, 1.165) is 37.6 Å². The van der Waals surface area contributed by atoms with Crippen molar-refractivity contribution in [3.05, 3.63) is 23.9 Å². The second-order valence-corrected chi connectivity index (χ2v) is 6.44. The molecule has 7 nitrogen and oxygen atoms in total. The molecule has 1 saturated heterocycles. The third-order valence-corrected chi connectivity index (χ3v) is 4.13. The van der Waals surface area contributed by atoms with Gasteiger partial charge in [-0.1, -0.05) is 19.9 Å². The number of hydrogen-bond acceptors (Lipinski definition) is 4. The zero-order valence-electron chi connectivity index (χ0n) is 16.0. The number of nitrogens with zero attached hydrogens (tertiary/aromatic N) is 3. The first-order valence-electron chi connectivity index (χ1n) is 8.86. The van der Waals surface area contributed by atoms with Crippen molar-refractivity contribution in [2.45, 2.75) is 39.8 Å². The number of nitrogens with one attached hydrogen (secondary N) is 2. The van der Waals surface area contributed by atoms with Crippen molar-refractivity contribution in [3.8, 4) is 5.88 Å². The summed E-state index contributed by atoms with van der Waals surface area (Å²) < 4.78 is 5.27. The number of carbonyl (C=O) groups is 1. The number of pyridine rings is 1. The molecule has 2 heterocycles. The van der Waals surface area contributed by atoms with Crippen molar-refractivity contribution < 1.29 is 9.53 Å². The fourth-order valence-corrected chi connectivity index (χ4v) is 2.85. The molecule has 0 saturated carbocycles. The van der Waals surface area contributed by atoms with E-state index >= 15 is 0 Å². The molecule has 0 aliphatic carbocycles. The van der Waals surface area contributed by atoms with Crippen LogP contribution in [-0.4, -0.2) is 54.5 Å². The smallest absolute Gasteiger partial charge is 0.225 e. The van der Waals surface area contributed by atoms with E-state index in [0.29, 0.717) is 12.4 Å². The third kappa shape index (κ3) is 6.30. The predicted molar refractivity (Wildman–Crippen MR) is 114 cm³/mol. The Morgan fingerprint density at radius 1 is 1.50 bits per heavy atom.